The largest absolute Gasteiger partial charge is 0.493 e. The first kappa shape index (κ1) is 18.3. The summed E-state index contributed by atoms with van der Waals surface area (Å²) in [6.07, 6.45) is 2.47. The first-order chi connectivity index (χ1) is 13.1. The quantitative estimate of drug-likeness (QED) is 0.690. The SMILES string of the molecule is CCCOc1ccccc1-c1ccc(-c2c(C#N)cn(C)c2C(=O)O)cc1. The molecule has 0 aliphatic heterocycles. The standard InChI is InChI=1S/C22H20N2O3/c1-3-12-27-19-7-5-4-6-18(19)15-8-10-16(11-9-15)20-17(13-23)14-24(2)21(20)22(25)26/h4-11,14H,3,12H2,1-2H3,(H,25,26). The van der Waals surface area contributed by atoms with Gasteiger partial charge < -0.3 is 14.4 Å². The fourth-order valence-corrected chi connectivity index (χ4v) is 3.12. The molecule has 0 atom stereocenters. The Bertz CT molecular complexity index is 1010. The number of carboxylic acids is 1. The number of hydrogen-bond acceptors (Lipinski definition) is 3. The fourth-order valence-electron chi connectivity index (χ4n) is 3.12. The Morgan fingerprint density at radius 1 is 1.15 bits per heavy atom. The number of ether oxygens (including phenoxy) is 1. The molecule has 0 radical (unpaired) electrons. The Labute approximate surface area is 158 Å². The molecule has 1 aromatic heterocycles. The first-order valence-electron chi connectivity index (χ1n) is 8.72. The van der Waals surface area contributed by atoms with Gasteiger partial charge >= 0.3 is 5.97 Å². The maximum Gasteiger partial charge on any atom is 0.353 e. The lowest BCUT2D eigenvalue weighted by molar-refractivity contribution is 0.0687. The van der Waals surface area contributed by atoms with Crippen LogP contribution in [0.2, 0.25) is 0 Å². The molecule has 2 aromatic carbocycles. The van der Waals surface area contributed by atoms with Crippen molar-refractivity contribution < 1.29 is 14.6 Å². The van der Waals surface area contributed by atoms with Gasteiger partial charge in [-0.25, -0.2) is 4.79 Å². The smallest absolute Gasteiger partial charge is 0.353 e. The average molecular weight is 360 g/mol. The van der Waals surface area contributed by atoms with E-state index in [0.717, 1.165) is 23.3 Å². The molecule has 5 heteroatoms. The molecule has 1 N–H and O–H groups in total. The number of carbonyl (C=O) groups is 1. The zero-order chi connectivity index (χ0) is 19.4. The van der Waals surface area contributed by atoms with Gasteiger partial charge in [0.15, 0.2) is 0 Å². The zero-order valence-electron chi connectivity index (χ0n) is 15.3. The molecule has 0 bridgehead atoms. The van der Waals surface area contributed by atoms with Crippen LogP contribution in [0, 0.1) is 11.3 Å². The van der Waals surface area contributed by atoms with E-state index in [-0.39, 0.29) is 5.69 Å². The number of nitriles is 1. The van der Waals surface area contributed by atoms with Gasteiger partial charge in [0.2, 0.25) is 0 Å². The Balaban J connectivity index is 2.04. The highest BCUT2D eigenvalue weighted by Crippen LogP contribution is 2.34. The number of rotatable bonds is 6. The maximum absolute atomic E-state index is 11.6. The molecule has 136 valence electrons. The second kappa shape index (κ2) is 7.79. The number of aryl methyl sites for hydroxylation is 1. The van der Waals surface area contributed by atoms with Gasteiger partial charge in [-0.05, 0) is 23.6 Å². The van der Waals surface area contributed by atoms with Crippen molar-refractivity contribution in [2.75, 3.05) is 6.61 Å². The molecule has 1 heterocycles. The first-order valence-corrected chi connectivity index (χ1v) is 8.72. The number of hydrogen-bond donors (Lipinski definition) is 1. The van der Waals surface area contributed by atoms with Gasteiger partial charge in [-0.2, -0.15) is 5.26 Å². The van der Waals surface area contributed by atoms with Crippen LogP contribution in [-0.4, -0.2) is 22.2 Å². The third kappa shape index (κ3) is 3.56. The predicted molar refractivity (Wildman–Crippen MR) is 104 cm³/mol. The van der Waals surface area contributed by atoms with Gasteiger partial charge in [0, 0.05) is 24.4 Å². The topological polar surface area (TPSA) is 75.2 Å². The minimum Gasteiger partial charge on any atom is -0.493 e. The van der Waals surface area contributed by atoms with Crippen molar-refractivity contribution >= 4 is 5.97 Å². The minimum absolute atomic E-state index is 0.103. The molecule has 0 spiro atoms. The van der Waals surface area contributed by atoms with E-state index in [1.165, 1.54) is 4.57 Å². The van der Waals surface area contributed by atoms with Crippen molar-refractivity contribution in [1.82, 2.24) is 4.57 Å². The van der Waals surface area contributed by atoms with Crippen LogP contribution in [0.5, 0.6) is 5.75 Å². The van der Waals surface area contributed by atoms with Crippen molar-refractivity contribution in [1.29, 1.82) is 5.26 Å². The van der Waals surface area contributed by atoms with Gasteiger partial charge in [0.1, 0.15) is 17.5 Å². The zero-order valence-corrected chi connectivity index (χ0v) is 15.3. The van der Waals surface area contributed by atoms with E-state index in [9.17, 15) is 15.2 Å². The molecule has 0 fully saturated rings. The molecule has 0 aliphatic rings. The summed E-state index contributed by atoms with van der Waals surface area (Å²) in [6, 6.07) is 17.4. The highest BCUT2D eigenvalue weighted by molar-refractivity contribution is 5.97. The number of benzene rings is 2. The summed E-state index contributed by atoms with van der Waals surface area (Å²) in [6.45, 7) is 2.71. The lowest BCUT2D eigenvalue weighted by Crippen LogP contribution is -2.05. The van der Waals surface area contributed by atoms with Crippen LogP contribution >= 0.6 is 0 Å². The molecular weight excluding hydrogens is 340 g/mol. The van der Waals surface area contributed by atoms with Gasteiger partial charge in [0.05, 0.1) is 12.2 Å². The van der Waals surface area contributed by atoms with Crippen LogP contribution in [-0.2, 0) is 7.05 Å². The monoisotopic (exact) mass is 360 g/mol. The van der Waals surface area contributed by atoms with Gasteiger partial charge in [-0.1, -0.05) is 49.4 Å². The number of aromatic carboxylic acids is 1. The molecule has 0 amide bonds. The Hall–Kier alpha value is -3.52. The summed E-state index contributed by atoms with van der Waals surface area (Å²) in [7, 11) is 1.63. The normalized spacial score (nSPS) is 10.4. The molecule has 0 saturated heterocycles. The average Bonchev–Trinajstić information content (AvgIpc) is 3.03. The third-order valence-corrected chi connectivity index (χ3v) is 4.34. The van der Waals surface area contributed by atoms with E-state index in [0.29, 0.717) is 23.3 Å². The number of carboxylic acid groups (broad SMARTS) is 1. The van der Waals surface area contributed by atoms with Crippen molar-refractivity contribution in [2.45, 2.75) is 13.3 Å². The van der Waals surface area contributed by atoms with Crippen LogP contribution in [0.3, 0.4) is 0 Å². The van der Waals surface area contributed by atoms with E-state index in [1.54, 1.807) is 13.2 Å². The molecule has 0 saturated carbocycles. The second-order valence-corrected chi connectivity index (χ2v) is 6.22. The summed E-state index contributed by atoms with van der Waals surface area (Å²) in [5.74, 6) is -0.243. The van der Waals surface area contributed by atoms with Crippen LogP contribution in [0.15, 0.2) is 54.7 Å². The van der Waals surface area contributed by atoms with Crippen LogP contribution in [0.4, 0.5) is 0 Å². The predicted octanol–water partition coefficient (Wildman–Crippen LogP) is 4.72. The maximum atomic E-state index is 11.6. The minimum atomic E-state index is -1.06. The summed E-state index contributed by atoms with van der Waals surface area (Å²) >= 11 is 0. The fraction of sp³-hybridized carbons (Fsp3) is 0.182. The molecule has 27 heavy (non-hydrogen) atoms. The van der Waals surface area contributed by atoms with Gasteiger partial charge in [-0.15, -0.1) is 0 Å². The molecule has 3 rings (SSSR count). The van der Waals surface area contributed by atoms with Gasteiger partial charge in [0.25, 0.3) is 0 Å². The number of aromatic nitrogens is 1. The van der Waals surface area contributed by atoms with Crippen molar-refractivity contribution in [3.63, 3.8) is 0 Å². The second-order valence-electron chi connectivity index (χ2n) is 6.22. The highest BCUT2D eigenvalue weighted by Gasteiger charge is 2.21. The lowest BCUT2D eigenvalue weighted by Gasteiger charge is -2.11. The van der Waals surface area contributed by atoms with Gasteiger partial charge in [-0.3, -0.25) is 0 Å². The summed E-state index contributed by atoms with van der Waals surface area (Å²) in [5.41, 5.74) is 3.52. The third-order valence-electron chi connectivity index (χ3n) is 4.34. The van der Waals surface area contributed by atoms with Crippen molar-refractivity contribution in [3.8, 4) is 34.1 Å². The highest BCUT2D eigenvalue weighted by atomic mass is 16.5. The van der Waals surface area contributed by atoms with Crippen LogP contribution < -0.4 is 4.74 Å². The summed E-state index contributed by atoms with van der Waals surface area (Å²) < 4.78 is 7.29. The molecule has 5 nitrogen and oxygen atoms in total. The Morgan fingerprint density at radius 3 is 2.44 bits per heavy atom. The van der Waals surface area contributed by atoms with Crippen LogP contribution in [0.25, 0.3) is 22.3 Å². The lowest BCUT2D eigenvalue weighted by atomic mass is 9.98. The van der Waals surface area contributed by atoms with Crippen molar-refractivity contribution in [3.05, 3.63) is 66.0 Å². The van der Waals surface area contributed by atoms with E-state index in [4.69, 9.17) is 4.74 Å². The number of nitrogens with zero attached hydrogens (tertiary/aromatic N) is 2. The summed E-state index contributed by atoms with van der Waals surface area (Å²) in [4.78, 5) is 11.6. The van der Waals surface area contributed by atoms with E-state index >= 15 is 0 Å². The molecule has 0 aliphatic carbocycles. The van der Waals surface area contributed by atoms with E-state index in [2.05, 4.69) is 13.0 Å². The Kier molecular flexibility index (Phi) is 5.28. The molecular formula is C22H20N2O3. The van der Waals surface area contributed by atoms with Crippen molar-refractivity contribution in [2.24, 2.45) is 7.05 Å². The Morgan fingerprint density at radius 2 is 1.81 bits per heavy atom. The number of para-hydroxylation sites is 1. The summed E-state index contributed by atoms with van der Waals surface area (Å²) in [5, 5.41) is 18.9. The molecule has 0 unspecified atom stereocenters. The molecule has 3 aromatic rings. The van der Waals surface area contributed by atoms with E-state index < -0.39 is 5.97 Å². The van der Waals surface area contributed by atoms with Crippen LogP contribution in [0.1, 0.15) is 29.4 Å². The van der Waals surface area contributed by atoms with E-state index in [1.807, 2.05) is 48.5 Å².